The highest BCUT2D eigenvalue weighted by atomic mass is 32.2. The molecule has 5 nitrogen and oxygen atoms in total. The zero-order chi connectivity index (χ0) is 22.8. The number of piperidine rings is 1. The van der Waals surface area contributed by atoms with Gasteiger partial charge in [0.2, 0.25) is 10.0 Å². The van der Waals surface area contributed by atoms with Crippen LogP contribution in [0.3, 0.4) is 0 Å². The smallest absolute Gasteiger partial charge is 0.339 e. The Balaban J connectivity index is 1.77. The van der Waals surface area contributed by atoms with Crippen LogP contribution >= 0.6 is 0 Å². The standard InChI is InChI=1S/C22H25F3N2O3S/c1-3-31(29,30)26(2)18-12-14-27(15-13-18)21(28)20-7-5-4-6-19(20)16-8-10-17(11-9-16)22(23,24)25/h4-11,18H,3,12-15H2,1-2H3. The molecule has 1 amide bonds. The number of alkyl halides is 3. The summed E-state index contributed by atoms with van der Waals surface area (Å²) in [4.78, 5) is 14.8. The predicted octanol–water partition coefficient (Wildman–Crippen LogP) is 4.26. The molecule has 0 unspecified atom stereocenters. The Morgan fingerprint density at radius 1 is 1.06 bits per heavy atom. The van der Waals surface area contributed by atoms with Gasteiger partial charge in [-0.2, -0.15) is 13.2 Å². The molecule has 0 saturated carbocycles. The van der Waals surface area contributed by atoms with Gasteiger partial charge in [-0.05, 0) is 49.1 Å². The van der Waals surface area contributed by atoms with E-state index in [0.29, 0.717) is 42.6 Å². The average molecular weight is 455 g/mol. The van der Waals surface area contributed by atoms with Crippen LogP contribution in [0.5, 0.6) is 0 Å². The van der Waals surface area contributed by atoms with Crippen molar-refractivity contribution in [3.63, 3.8) is 0 Å². The Bertz CT molecular complexity index is 1030. The number of rotatable bonds is 5. The molecule has 0 N–H and O–H groups in total. The van der Waals surface area contributed by atoms with Crippen LogP contribution in [-0.2, 0) is 16.2 Å². The van der Waals surface area contributed by atoms with Gasteiger partial charge < -0.3 is 4.90 Å². The van der Waals surface area contributed by atoms with E-state index in [2.05, 4.69) is 0 Å². The Morgan fingerprint density at radius 3 is 2.19 bits per heavy atom. The number of carbonyl (C=O) groups is 1. The molecule has 0 atom stereocenters. The monoisotopic (exact) mass is 454 g/mol. The molecule has 9 heteroatoms. The zero-order valence-electron chi connectivity index (χ0n) is 17.4. The summed E-state index contributed by atoms with van der Waals surface area (Å²) < 4.78 is 64.2. The third kappa shape index (κ3) is 5.10. The van der Waals surface area contributed by atoms with E-state index >= 15 is 0 Å². The number of likely N-dealkylation sites (tertiary alicyclic amines) is 1. The summed E-state index contributed by atoms with van der Waals surface area (Å²) in [5.41, 5.74) is 0.762. The Hall–Kier alpha value is -2.39. The highest BCUT2D eigenvalue weighted by Gasteiger charge is 2.32. The quantitative estimate of drug-likeness (QED) is 0.679. The van der Waals surface area contributed by atoms with E-state index < -0.39 is 21.8 Å². The second-order valence-corrected chi connectivity index (χ2v) is 9.88. The van der Waals surface area contributed by atoms with Gasteiger partial charge in [0.25, 0.3) is 5.91 Å². The fourth-order valence-electron chi connectivity index (χ4n) is 3.79. The van der Waals surface area contributed by atoms with E-state index in [1.54, 1.807) is 43.1 Å². The number of carbonyl (C=O) groups excluding carboxylic acids is 1. The molecule has 2 aromatic rings. The summed E-state index contributed by atoms with van der Waals surface area (Å²) in [6.45, 7) is 2.42. The number of nitrogens with zero attached hydrogens (tertiary/aromatic N) is 2. The summed E-state index contributed by atoms with van der Waals surface area (Å²) in [5.74, 6) is -0.182. The molecule has 3 rings (SSSR count). The molecule has 2 aromatic carbocycles. The van der Waals surface area contributed by atoms with Gasteiger partial charge in [0, 0.05) is 31.7 Å². The van der Waals surface area contributed by atoms with Crippen LogP contribution in [0.2, 0.25) is 0 Å². The number of amides is 1. The topological polar surface area (TPSA) is 57.7 Å². The molecule has 31 heavy (non-hydrogen) atoms. The highest BCUT2D eigenvalue weighted by Crippen LogP contribution is 2.32. The van der Waals surface area contributed by atoms with Crippen LogP contribution in [0.15, 0.2) is 48.5 Å². The maximum Gasteiger partial charge on any atom is 0.416 e. The first-order valence-corrected chi connectivity index (χ1v) is 11.7. The van der Waals surface area contributed by atoms with Crippen molar-refractivity contribution in [2.45, 2.75) is 32.0 Å². The second kappa shape index (κ2) is 9.00. The lowest BCUT2D eigenvalue weighted by molar-refractivity contribution is -0.137. The lowest BCUT2D eigenvalue weighted by Crippen LogP contribution is -2.47. The summed E-state index contributed by atoms with van der Waals surface area (Å²) in [6.07, 6.45) is -3.36. The maximum absolute atomic E-state index is 13.2. The van der Waals surface area contributed by atoms with Gasteiger partial charge >= 0.3 is 6.18 Å². The van der Waals surface area contributed by atoms with E-state index in [-0.39, 0.29) is 17.7 Å². The minimum absolute atomic E-state index is 0.0309. The fourth-order valence-corrected chi connectivity index (χ4v) is 4.87. The van der Waals surface area contributed by atoms with Crippen molar-refractivity contribution in [1.82, 2.24) is 9.21 Å². The van der Waals surface area contributed by atoms with Crippen LogP contribution in [0, 0.1) is 0 Å². The molecule has 0 aromatic heterocycles. The van der Waals surface area contributed by atoms with E-state index in [4.69, 9.17) is 0 Å². The van der Waals surface area contributed by atoms with Crippen LogP contribution in [0.1, 0.15) is 35.7 Å². The molecule has 0 bridgehead atoms. The van der Waals surface area contributed by atoms with Gasteiger partial charge in [-0.25, -0.2) is 12.7 Å². The molecule has 1 aliphatic heterocycles. The summed E-state index contributed by atoms with van der Waals surface area (Å²) in [6, 6.07) is 11.4. The van der Waals surface area contributed by atoms with E-state index in [1.807, 2.05) is 0 Å². The first kappa shape index (κ1) is 23.3. The van der Waals surface area contributed by atoms with Gasteiger partial charge in [0.1, 0.15) is 0 Å². The van der Waals surface area contributed by atoms with Crippen LogP contribution in [0.25, 0.3) is 11.1 Å². The maximum atomic E-state index is 13.2. The van der Waals surface area contributed by atoms with Crippen molar-refractivity contribution >= 4 is 15.9 Å². The molecule has 1 saturated heterocycles. The van der Waals surface area contributed by atoms with Crippen LogP contribution in [0.4, 0.5) is 13.2 Å². The Morgan fingerprint density at radius 2 is 1.65 bits per heavy atom. The number of sulfonamides is 1. The molecular weight excluding hydrogens is 429 g/mol. The molecule has 0 spiro atoms. The van der Waals surface area contributed by atoms with Gasteiger partial charge in [-0.3, -0.25) is 4.79 Å². The van der Waals surface area contributed by atoms with Crippen LogP contribution in [-0.4, -0.2) is 55.5 Å². The third-order valence-corrected chi connectivity index (χ3v) is 7.66. The number of hydrogen-bond donors (Lipinski definition) is 0. The zero-order valence-corrected chi connectivity index (χ0v) is 18.2. The summed E-state index contributed by atoms with van der Waals surface area (Å²) in [7, 11) is -1.72. The van der Waals surface area contributed by atoms with Gasteiger partial charge in [0.15, 0.2) is 0 Å². The molecule has 0 aliphatic carbocycles. The van der Waals surface area contributed by atoms with Crippen molar-refractivity contribution < 1.29 is 26.4 Å². The predicted molar refractivity (Wildman–Crippen MR) is 113 cm³/mol. The average Bonchev–Trinajstić information content (AvgIpc) is 2.77. The first-order valence-electron chi connectivity index (χ1n) is 10.1. The number of hydrogen-bond acceptors (Lipinski definition) is 3. The number of halogens is 3. The van der Waals surface area contributed by atoms with Gasteiger partial charge in [0.05, 0.1) is 11.3 Å². The van der Waals surface area contributed by atoms with Crippen molar-refractivity contribution in [1.29, 1.82) is 0 Å². The second-order valence-electron chi connectivity index (χ2n) is 7.56. The van der Waals surface area contributed by atoms with Crippen molar-refractivity contribution in [2.75, 3.05) is 25.9 Å². The van der Waals surface area contributed by atoms with E-state index in [0.717, 1.165) is 12.1 Å². The lowest BCUT2D eigenvalue weighted by Gasteiger charge is -2.36. The third-order valence-electron chi connectivity index (χ3n) is 5.75. The first-order chi connectivity index (χ1) is 14.5. The molecule has 1 heterocycles. The van der Waals surface area contributed by atoms with Gasteiger partial charge in [-0.1, -0.05) is 30.3 Å². The number of benzene rings is 2. The Labute approximate surface area is 180 Å². The van der Waals surface area contributed by atoms with E-state index in [9.17, 15) is 26.4 Å². The van der Waals surface area contributed by atoms with Crippen molar-refractivity contribution in [3.8, 4) is 11.1 Å². The molecule has 168 valence electrons. The largest absolute Gasteiger partial charge is 0.416 e. The minimum Gasteiger partial charge on any atom is -0.339 e. The normalized spacial score (nSPS) is 16.0. The minimum atomic E-state index is -4.42. The van der Waals surface area contributed by atoms with E-state index in [1.165, 1.54) is 16.4 Å². The van der Waals surface area contributed by atoms with Gasteiger partial charge in [-0.15, -0.1) is 0 Å². The molecular formula is C22H25F3N2O3S. The van der Waals surface area contributed by atoms with Crippen LogP contribution < -0.4 is 0 Å². The Kier molecular flexibility index (Phi) is 6.76. The SMILES string of the molecule is CCS(=O)(=O)N(C)C1CCN(C(=O)c2ccccc2-c2ccc(C(F)(F)F)cc2)CC1. The molecule has 1 fully saturated rings. The fraction of sp³-hybridized carbons (Fsp3) is 0.409. The molecule has 0 radical (unpaired) electrons. The highest BCUT2D eigenvalue weighted by molar-refractivity contribution is 7.89. The molecule has 1 aliphatic rings. The van der Waals surface area contributed by atoms with Crippen molar-refractivity contribution in [3.05, 3.63) is 59.7 Å². The van der Waals surface area contributed by atoms with Crippen molar-refractivity contribution in [2.24, 2.45) is 0 Å². The summed E-state index contributed by atoms with van der Waals surface area (Å²) >= 11 is 0. The summed E-state index contributed by atoms with van der Waals surface area (Å²) in [5, 5.41) is 0. The lowest BCUT2D eigenvalue weighted by atomic mass is 9.96.